The summed E-state index contributed by atoms with van der Waals surface area (Å²) in [5.74, 6) is 0. The maximum absolute atomic E-state index is 6.88. The highest BCUT2D eigenvalue weighted by atomic mass is 16.3. The van der Waals surface area contributed by atoms with Gasteiger partial charge in [-0.05, 0) is 106 Å². The zero-order chi connectivity index (χ0) is 41.4. The zero-order valence-corrected chi connectivity index (χ0v) is 34.3. The molecule has 1 N–H and O–H groups in total. The lowest BCUT2D eigenvalue weighted by Gasteiger charge is -2.36. The molecule has 5 heteroatoms. The molecule has 0 saturated carbocycles. The molecule has 0 fully saturated rings. The Morgan fingerprint density at radius 3 is 1.89 bits per heavy atom. The molecule has 1 aliphatic heterocycles. The minimum Gasteiger partial charge on any atom is -0.454 e. The molecular weight excluding hydrogens is 765 g/mol. The lowest BCUT2D eigenvalue weighted by Crippen LogP contribution is -2.41. The van der Waals surface area contributed by atoms with Crippen LogP contribution in [0.1, 0.15) is 0 Å². The lowest BCUT2D eigenvalue weighted by atomic mass is 9.58. The first-order chi connectivity index (χ1) is 31.2. The normalized spacial score (nSPS) is 12.2. The van der Waals surface area contributed by atoms with Gasteiger partial charge in [-0.2, -0.15) is 0 Å². The Labute approximate surface area is 365 Å². The molecule has 2 aromatic heterocycles. The van der Waals surface area contributed by atoms with E-state index in [4.69, 9.17) is 4.42 Å². The quantitative estimate of drug-likeness (QED) is 0.170. The summed E-state index contributed by atoms with van der Waals surface area (Å²) in [5.41, 5.74) is 17.8. The Bertz CT molecular complexity index is 3690. The SMILES string of the molecule is B1c2ccc(N(c3ccccc3)c3ccccc3)cc2N(c2cccc3c2oc2ccccc23)c2cc(-c3ccccc3)cc(-c3cccc4c3[nH]c3cc5ccccc5cc34)c21. The van der Waals surface area contributed by atoms with Crippen molar-refractivity contribution in [2.24, 2.45) is 0 Å². The predicted molar refractivity (Wildman–Crippen MR) is 267 cm³/mol. The van der Waals surface area contributed by atoms with Gasteiger partial charge in [0.2, 0.25) is 0 Å². The van der Waals surface area contributed by atoms with E-state index in [1.54, 1.807) is 0 Å². The predicted octanol–water partition coefficient (Wildman–Crippen LogP) is 14.3. The second-order valence-corrected chi connectivity index (χ2v) is 16.6. The first-order valence-corrected chi connectivity index (χ1v) is 21.6. The number of furan rings is 1. The summed E-state index contributed by atoms with van der Waals surface area (Å²) in [7, 11) is 0.749. The van der Waals surface area contributed by atoms with Gasteiger partial charge in [0.1, 0.15) is 5.58 Å². The van der Waals surface area contributed by atoms with Crippen molar-refractivity contribution < 1.29 is 4.42 Å². The first kappa shape index (κ1) is 35.5. The fourth-order valence-electron chi connectivity index (χ4n) is 10.1. The van der Waals surface area contributed by atoms with E-state index in [2.05, 4.69) is 233 Å². The summed E-state index contributed by atoms with van der Waals surface area (Å²) in [6, 6.07) is 78.9. The van der Waals surface area contributed by atoms with Crippen molar-refractivity contribution >= 4 is 107 Å². The van der Waals surface area contributed by atoms with E-state index in [-0.39, 0.29) is 0 Å². The molecule has 13 rings (SSSR count). The molecular formula is C58H38BN3O. The van der Waals surface area contributed by atoms with E-state index in [1.165, 1.54) is 43.6 Å². The van der Waals surface area contributed by atoms with Crippen LogP contribution in [0.5, 0.6) is 0 Å². The van der Waals surface area contributed by atoms with Crippen molar-refractivity contribution in [3.05, 3.63) is 218 Å². The van der Waals surface area contributed by atoms with Gasteiger partial charge in [0.05, 0.1) is 11.2 Å². The van der Waals surface area contributed by atoms with Gasteiger partial charge in [-0.3, -0.25) is 0 Å². The highest BCUT2D eigenvalue weighted by Crippen LogP contribution is 2.47. The van der Waals surface area contributed by atoms with Crippen LogP contribution in [0.15, 0.2) is 223 Å². The molecule has 0 unspecified atom stereocenters. The number of anilines is 6. The van der Waals surface area contributed by atoms with E-state index in [9.17, 15) is 0 Å². The largest absolute Gasteiger partial charge is 0.454 e. The van der Waals surface area contributed by atoms with Crippen LogP contribution in [-0.2, 0) is 0 Å². The number of hydrogen-bond acceptors (Lipinski definition) is 3. The number of aromatic nitrogens is 1. The third kappa shape index (κ3) is 5.71. The van der Waals surface area contributed by atoms with Gasteiger partial charge in [0, 0.05) is 61.1 Å². The van der Waals surface area contributed by atoms with E-state index < -0.39 is 0 Å². The summed E-state index contributed by atoms with van der Waals surface area (Å²) in [6.45, 7) is 0. The summed E-state index contributed by atoms with van der Waals surface area (Å²) >= 11 is 0. The minimum absolute atomic E-state index is 0.749. The Hall–Kier alpha value is -8.28. The number of nitrogens with one attached hydrogen (secondary N) is 1. The molecule has 1 aliphatic rings. The Balaban J connectivity index is 1.11. The highest BCUT2D eigenvalue weighted by Gasteiger charge is 2.32. The molecule has 0 saturated heterocycles. The number of rotatable bonds is 6. The number of nitrogens with zero attached hydrogens (tertiary/aromatic N) is 2. The Kier molecular flexibility index (Phi) is 7.97. The van der Waals surface area contributed by atoms with Crippen LogP contribution in [-0.4, -0.2) is 12.3 Å². The number of benzene rings is 10. The second kappa shape index (κ2) is 14.2. The fraction of sp³-hybridized carbons (Fsp3) is 0. The summed E-state index contributed by atoms with van der Waals surface area (Å²) in [4.78, 5) is 8.75. The van der Waals surface area contributed by atoms with E-state index in [0.29, 0.717) is 0 Å². The average molecular weight is 804 g/mol. The van der Waals surface area contributed by atoms with Gasteiger partial charge < -0.3 is 19.2 Å². The van der Waals surface area contributed by atoms with Crippen LogP contribution in [0, 0.1) is 0 Å². The third-order valence-corrected chi connectivity index (χ3v) is 13.0. The van der Waals surface area contributed by atoms with Crippen LogP contribution >= 0.6 is 0 Å². The molecule has 0 atom stereocenters. The molecule has 4 nitrogen and oxygen atoms in total. The number of aromatic amines is 1. The molecule has 0 amide bonds. The number of fused-ring (bicyclic) bond motifs is 9. The number of H-pyrrole nitrogens is 1. The fourth-order valence-corrected chi connectivity index (χ4v) is 10.1. The lowest BCUT2D eigenvalue weighted by molar-refractivity contribution is 0.669. The minimum atomic E-state index is 0.749. The molecule has 10 aromatic carbocycles. The monoisotopic (exact) mass is 803 g/mol. The summed E-state index contributed by atoms with van der Waals surface area (Å²) < 4.78 is 6.88. The van der Waals surface area contributed by atoms with Crippen molar-refractivity contribution in [3.8, 4) is 22.3 Å². The standard InChI is InChI=1S/C58H38BN3O/c1-4-16-37(17-5-1)40-33-49(46-26-14-25-45-48-32-38-18-10-11-19-39(38)34-51(48)60-57(45)46)56-54(35-40)62(52-28-15-27-47-44-24-12-13-29-55(44)63-58(47)52)53-36-43(30-31-50(53)59-56)61(41-20-6-2-7-21-41)42-22-8-3-9-23-42/h1-36,59-60H. The van der Waals surface area contributed by atoms with Crippen molar-refractivity contribution in [1.29, 1.82) is 0 Å². The average Bonchev–Trinajstić information content (AvgIpc) is 3.91. The van der Waals surface area contributed by atoms with Crippen molar-refractivity contribution in [1.82, 2.24) is 4.98 Å². The molecule has 3 heterocycles. The Morgan fingerprint density at radius 2 is 1.10 bits per heavy atom. The molecule has 12 aromatic rings. The van der Waals surface area contributed by atoms with Gasteiger partial charge in [-0.15, -0.1) is 0 Å². The molecule has 0 aliphatic carbocycles. The smallest absolute Gasteiger partial charge is 0.198 e. The zero-order valence-electron chi connectivity index (χ0n) is 34.3. The highest BCUT2D eigenvalue weighted by molar-refractivity contribution is 6.73. The van der Waals surface area contributed by atoms with E-state index in [0.717, 1.165) is 85.5 Å². The molecule has 0 bridgehead atoms. The van der Waals surface area contributed by atoms with E-state index >= 15 is 0 Å². The Morgan fingerprint density at radius 1 is 0.429 bits per heavy atom. The molecule has 0 radical (unpaired) electrons. The summed E-state index contributed by atoms with van der Waals surface area (Å²) in [6.07, 6.45) is 0. The second-order valence-electron chi connectivity index (χ2n) is 16.6. The molecule has 63 heavy (non-hydrogen) atoms. The molecule has 294 valence electrons. The van der Waals surface area contributed by atoms with E-state index in [1.807, 2.05) is 0 Å². The van der Waals surface area contributed by atoms with Gasteiger partial charge in [0.15, 0.2) is 12.9 Å². The van der Waals surface area contributed by atoms with Gasteiger partial charge >= 0.3 is 0 Å². The number of para-hydroxylation sites is 5. The first-order valence-electron chi connectivity index (χ1n) is 21.6. The number of hydrogen-bond donors (Lipinski definition) is 1. The third-order valence-electron chi connectivity index (χ3n) is 13.0. The van der Waals surface area contributed by atoms with Crippen LogP contribution < -0.4 is 20.7 Å². The van der Waals surface area contributed by atoms with Gasteiger partial charge in [0.25, 0.3) is 0 Å². The van der Waals surface area contributed by atoms with Crippen LogP contribution in [0.4, 0.5) is 34.1 Å². The maximum atomic E-state index is 6.88. The summed E-state index contributed by atoms with van der Waals surface area (Å²) in [5, 5.41) is 7.12. The topological polar surface area (TPSA) is 35.4 Å². The van der Waals surface area contributed by atoms with Gasteiger partial charge in [-0.1, -0.05) is 151 Å². The van der Waals surface area contributed by atoms with Gasteiger partial charge in [-0.25, -0.2) is 0 Å². The van der Waals surface area contributed by atoms with Crippen molar-refractivity contribution in [3.63, 3.8) is 0 Å². The van der Waals surface area contributed by atoms with Crippen molar-refractivity contribution in [2.75, 3.05) is 9.80 Å². The van der Waals surface area contributed by atoms with Crippen LogP contribution in [0.2, 0.25) is 0 Å². The maximum Gasteiger partial charge on any atom is 0.198 e. The van der Waals surface area contributed by atoms with Crippen molar-refractivity contribution in [2.45, 2.75) is 0 Å². The molecule has 0 spiro atoms. The van der Waals surface area contributed by atoms with Crippen LogP contribution in [0.3, 0.4) is 0 Å². The van der Waals surface area contributed by atoms with Crippen LogP contribution in [0.25, 0.3) is 76.8 Å².